The molecule has 2 aliphatic rings. The lowest BCUT2D eigenvalue weighted by atomic mass is 9.97. The van der Waals surface area contributed by atoms with Gasteiger partial charge in [-0.15, -0.1) is 11.3 Å². The molecule has 1 saturated heterocycles. The number of rotatable bonds is 5. The topological polar surface area (TPSA) is 80.8 Å². The Kier molecular flexibility index (Phi) is 5.33. The number of nitrogens with zero attached hydrogens (tertiary/aromatic N) is 2. The third kappa shape index (κ3) is 4.13. The van der Waals surface area contributed by atoms with E-state index in [9.17, 15) is 9.59 Å². The first-order valence-corrected chi connectivity index (χ1v) is 11.2. The molecule has 0 bridgehead atoms. The Hall–Kier alpha value is -2.97. The van der Waals surface area contributed by atoms with E-state index >= 15 is 0 Å². The summed E-state index contributed by atoms with van der Waals surface area (Å²) >= 11 is 1.77. The van der Waals surface area contributed by atoms with Crippen LogP contribution in [-0.4, -0.2) is 48.0 Å². The monoisotopic (exact) mass is 437 g/mol. The molecule has 0 aliphatic carbocycles. The molecule has 5 rings (SSSR count). The van der Waals surface area contributed by atoms with Gasteiger partial charge in [0.1, 0.15) is 0 Å². The average Bonchev–Trinajstić information content (AvgIpc) is 3.39. The van der Waals surface area contributed by atoms with E-state index in [4.69, 9.17) is 14.5 Å². The van der Waals surface area contributed by atoms with Gasteiger partial charge in [-0.2, -0.15) is 0 Å². The first kappa shape index (κ1) is 20.0. The molecule has 2 aliphatic heterocycles. The number of fused-ring (bicyclic) bond motifs is 2. The molecule has 2 aromatic carbocycles. The van der Waals surface area contributed by atoms with E-state index in [-0.39, 0.29) is 18.5 Å². The van der Waals surface area contributed by atoms with E-state index in [1.54, 1.807) is 23.5 Å². The quantitative estimate of drug-likeness (QED) is 0.607. The number of Topliss-reactive ketones (excluding diaryl/α,β-unsaturated/α-hetero) is 1. The molecule has 1 N–H and O–H groups in total. The standard InChI is InChI=1S/C23H23N3O4S/c1-14(27)16-10-19-20(30-13-29-19)11-18(16)24-22(28)12-26-8-6-15(7-9-26)23-25-17-4-2-3-5-21(17)31-23/h2-5,10-11,15H,6-9,12-13H2,1H3,(H,24,28). The highest BCUT2D eigenvalue weighted by Gasteiger charge is 2.25. The minimum atomic E-state index is -0.139. The molecule has 3 heterocycles. The fraction of sp³-hybridized carbons (Fsp3) is 0.348. The van der Waals surface area contributed by atoms with Gasteiger partial charge in [-0.05, 0) is 51.1 Å². The molecule has 3 aromatic rings. The molecule has 0 atom stereocenters. The highest BCUT2D eigenvalue weighted by atomic mass is 32.1. The number of ether oxygens (including phenoxy) is 2. The predicted molar refractivity (Wildman–Crippen MR) is 119 cm³/mol. The van der Waals surface area contributed by atoms with E-state index in [0.29, 0.717) is 35.2 Å². The first-order valence-electron chi connectivity index (χ1n) is 10.4. The number of ketones is 1. The molecule has 8 heteroatoms. The number of piperidine rings is 1. The van der Waals surface area contributed by atoms with Crippen LogP contribution in [0.4, 0.5) is 5.69 Å². The minimum Gasteiger partial charge on any atom is -0.454 e. The van der Waals surface area contributed by atoms with Crippen LogP contribution in [0.3, 0.4) is 0 Å². The van der Waals surface area contributed by atoms with Crippen molar-refractivity contribution in [2.45, 2.75) is 25.7 Å². The highest BCUT2D eigenvalue weighted by molar-refractivity contribution is 7.18. The van der Waals surface area contributed by atoms with Crippen molar-refractivity contribution in [3.63, 3.8) is 0 Å². The van der Waals surface area contributed by atoms with E-state index in [1.807, 2.05) is 12.1 Å². The van der Waals surface area contributed by atoms with Gasteiger partial charge in [0.2, 0.25) is 12.7 Å². The molecule has 7 nitrogen and oxygen atoms in total. The number of hydrogen-bond acceptors (Lipinski definition) is 7. The van der Waals surface area contributed by atoms with Crippen LogP contribution in [0.15, 0.2) is 36.4 Å². The zero-order valence-electron chi connectivity index (χ0n) is 17.2. The fourth-order valence-electron chi connectivity index (χ4n) is 4.13. The number of anilines is 1. The predicted octanol–water partition coefficient (Wildman–Crippen LogP) is 4.05. The Balaban J connectivity index is 1.20. The lowest BCUT2D eigenvalue weighted by Crippen LogP contribution is -2.38. The summed E-state index contributed by atoms with van der Waals surface area (Å²) < 4.78 is 11.9. The van der Waals surface area contributed by atoms with Crippen molar-refractivity contribution in [1.29, 1.82) is 0 Å². The largest absolute Gasteiger partial charge is 0.454 e. The summed E-state index contributed by atoms with van der Waals surface area (Å²) in [5, 5.41) is 4.07. The zero-order chi connectivity index (χ0) is 21.4. The van der Waals surface area contributed by atoms with Crippen LogP contribution < -0.4 is 14.8 Å². The Morgan fingerprint density at radius 1 is 1.16 bits per heavy atom. The molecular formula is C23H23N3O4S. The van der Waals surface area contributed by atoms with Gasteiger partial charge in [-0.3, -0.25) is 14.5 Å². The summed E-state index contributed by atoms with van der Waals surface area (Å²) in [4.78, 5) is 31.6. The summed E-state index contributed by atoms with van der Waals surface area (Å²) in [6.45, 7) is 3.56. The number of hydrogen-bond donors (Lipinski definition) is 1. The van der Waals surface area contributed by atoms with Crippen molar-refractivity contribution in [2.75, 3.05) is 31.7 Å². The first-order chi connectivity index (χ1) is 15.1. The van der Waals surface area contributed by atoms with E-state index in [1.165, 1.54) is 16.6 Å². The maximum atomic E-state index is 12.7. The molecule has 0 spiro atoms. The van der Waals surface area contributed by atoms with Crippen molar-refractivity contribution in [1.82, 2.24) is 9.88 Å². The van der Waals surface area contributed by atoms with Crippen molar-refractivity contribution >= 4 is 38.9 Å². The van der Waals surface area contributed by atoms with Gasteiger partial charge in [-0.1, -0.05) is 12.1 Å². The van der Waals surface area contributed by atoms with Crippen molar-refractivity contribution in [3.8, 4) is 11.5 Å². The number of carbonyl (C=O) groups is 2. The second kappa shape index (κ2) is 8.28. The average molecular weight is 438 g/mol. The summed E-state index contributed by atoms with van der Waals surface area (Å²) in [6.07, 6.45) is 1.96. The second-order valence-corrected chi connectivity index (χ2v) is 8.99. The van der Waals surface area contributed by atoms with E-state index < -0.39 is 0 Å². The van der Waals surface area contributed by atoms with Crippen LogP contribution in [0, 0.1) is 0 Å². The second-order valence-electron chi connectivity index (χ2n) is 7.93. The number of nitrogens with one attached hydrogen (secondary N) is 1. The van der Waals surface area contributed by atoms with Gasteiger partial charge in [0.25, 0.3) is 0 Å². The lowest BCUT2D eigenvalue weighted by Gasteiger charge is -2.30. The third-order valence-electron chi connectivity index (χ3n) is 5.78. The molecular weight excluding hydrogens is 414 g/mol. The van der Waals surface area contributed by atoms with Crippen molar-refractivity contribution in [3.05, 3.63) is 47.0 Å². The maximum Gasteiger partial charge on any atom is 0.238 e. The molecule has 0 unspecified atom stereocenters. The number of carbonyl (C=O) groups excluding carboxylic acids is 2. The molecule has 31 heavy (non-hydrogen) atoms. The summed E-state index contributed by atoms with van der Waals surface area (Å²) in [5.41, 5.74) is 1.95. The van der Waals surface area contributed by atoms with Crippen LogP contribution >= 0.6 is 11.3 Å². The van der Waals surface area contributed by atoms with Gasteiger partial charge in [-0.25, -0.2) is 4.98 Å². The van der Waals surface area contributed by atoms with E-state index in [2.05, 4.69) is 22.3 Å². The third-order valence-corrected chi connectivity index (χ3v) is 6.98. The Bertz CT molecular complexity index is 1120. The van der Waals surface area contributed by atoms with Crippen LogP contribution in [0.5, 0.6) is 11.5 Å². The molecule has 0 radical (unpaired) electrons. The summed E-state index contributed by atoms with van der Waals surface area (Å²) in [6, 6.07) is 11.5. The Morgan fingerprint density at radius 3 is 2.65 bits per heavy atom. The molecule has 1 aromatic heterocycles. The SMILES string of the molecule is CC(=O)c1cc2c(cc1NC(=O)CN1CCC(c3nc4ccccc4s3)CC1)OCO2. The smallest absolute Gasteiger partial charge is 0.238 e. The van der Waals surface area contributed by atoms with Crippen LogP contribution in [-0.2, 0) is 4.79 Å². The lowest BCUT2D eigenvalue weighted by molar-refractivity contribution is -0.117. The van der Waals surface area contributed by atoms with Gasteiger partial charge >= 0.3 is 0 Å². The number of para-hydroxylation sites is 1. The molecule has 1 fully saturated rings. The van der Waals surface area contributed by atoms with Crippen molar-refractivity contribution < 1.29 is 19.1 Å². The number of thiazole rings is 1. The number of benzene rings is 2. The van der Waals surface area contributed by atoms with Gasteiger partial charge < -0.3 is 14.8 Å². The zero-order valence-corrected chi connectivity index (χ0v) is 18.0. The van der Waals surface area contributed by atoms with Crippen LogP contribution in [0.25, 0.3) is 10.2 Å². The van der Waals surface area contributed by atoms with Gasteiger partial charge in [0, 0.05) is 17.5 Å². The van der Waals surface area contributed by atoms with Gasteiger partial charge in [0.05, 0.1) is 27.5 Å². The normalized spacial score (nSPS) is 16.5. The summed E-state index contributed by atoms with van der Waals surface area (Å²) in [5.74, 6) is 1.23. The van der Waals surface area contributed by atoms with Crippen molar-refractivity contribution in [2.24, 2.45) is 0 Å². The van der Waals surface area contributed by atoms with E-state index in [0.717, 1.165) is 31.4 Å². The van der Waals surface area contributed by atoms with Gasteiger partial charge in [0.15, 0.2) is 17.3 Å². The highest BCUT2D eigenvalue weighted by Crippen LogP contribution is 2.37. The van der Waals surface area contributed by atoms with Crippen LogP contribution in [0.1, 0.15) is 41.0 Å². The Morgan fingerprint density at radius 2 is 1.90 bits per heavy atom. The molecule has 1 amide bonds. The molecule has 0 saturated carbocycles. The number of amides is 1. The number of likely N-dealkylation sites (tertiary alicyclic amines) is 1. The summed E-state index contributed by atoms with van der Waals surface area (Å²) in [7, 11) is 0. The fourth-order valence-corrected chi connectivity index (χ4v) is 5.27. The number of aromatic nitrogens is 1. The molecule has 160 valence electrons. The minimum absolute atomic E-state index is 0.119. The Labute approximate surface area is 184 Å². The maximum absolute atomic E-state index is 12.7. The van der Waals surface area contributed by atoms with Crippen LogP contribution in [0.2, 0.25) is 0 Å².